The van der Waals surface area contributed by atoms with Crippen LogP contribution >= 0.6 is 0 Å². The van der Waals surface area contributed by atoms with E-state index in [1.807, 2.05) is 6.92 Å². The van der Waals surface area contributed by atoms with Crippen molar-refractivity contribution < 1.29 is 19.4 Å². The van der Waals surface area contributed by atoms with Crippen LogP contribution in [0.1, 0.15) is 153 Å². The van der Waals surface area contributed by atoms with Crippen LogP contribution in [0, 0.1) is 0 Å². The lowest BCUT2D eigenvalue weighted by Gasteiger charge is -2.16. The van der Waals surface area contributed by atoms with E-state index in [4.69, 9.17) is 0 Å². The van der Waals surface area contributed by atoms with Crippen LogP contribution in [-0.2, 0) is 14.3 Å². The number of rotatable bonds is 19. The van der Waals surface area contributed by atoms with Gasteiger partial charge in [-0.1, -0.05) is 82.5 Å². The van der Waals surface area contributed by atoms with Crippen molar-refractivity contribution in [3.8, 4) is 0 Å². The van der Waals surface area contributed by atoms with Crippen LogP contribution in [0.25, 0.3) is 0 Å². The minimum Gasteiger partial charge on any atom is -0.431 e. The molecule has 0 aromatic carbocycles. The van der Waals surface area contributed by atoms with Crippen molar-refractivity contribution >= 4 is 11.8 Å². The Labute approximate surface area is 283 Å². The minimum absolute atomic E-state index is 0.167. The van der Waals surface area contributed by atoms with E-state index in [1.165, 1.54) is 33.4 Å². The Bertz CT molecular complexity index is 1090. The zero-order valence-corrected chi connectivity index (χ0v) is 31.3. The molecule has 1 heterocycles. The molecular formula is C42H68O4. The molecule has 1 aliphatic heterocycles. The van der Waals surface area contributed by atoms with Crippen LogP contribution in [-0.4, -0.2) is 22.5 Å². The number of carbonyl (C=O) groups is 2. The smallest absolute Gasteiger partial charge is 0.318 e. The number of ether oxygens (including phenoxy) is 1. The van der Waals surface area contributed by atoms with Crippen molar-refractivity contribution in [1.82, 2.24) is 0 Å². The lowest BCUT2D eigenvalue weighted by atomic mass is 9.99. The average Bonchev–Trinajstić information content (AvgIpc) is 2.92. The predicted octanol–water partition coefficient (Wildman–Crippen LogP) is 12.3. The summed E-state index contributed by atoms with van der Waals surface area (Å²) < 4.78 is 4.31. The first-order valence-corrected chi connectivity index (χ1v) is 17.1. The summed E-state index contributed by atoms with van der Waals surface area (Å²) in [6.07, 6.45) is 28.1. The third-order valence-electron chi connectivity index (χ3n) is 7.42. The SMILES string of the molecule is C=C1CC(=O)O1.C=CC(C)(O)CC/C=C(\C)CC/C=C(\C)CCC=C(C)C.CC(=O)CC/C=C(\C)CC/C=C(\C)CCC=C(C)C. The molecule has 1 atom stereocenters. The average molecular weight is 637 g/mol. The Kier molecular flexibility index (Phi) is 26.7. The quantitative estimate of drug-likeness (QED) is 0.113. The van der Waals surface area contributed by atoms with E-state index in [-0.39, 0.29) is 11.8 Å². The Morgan fingerprint density at radius 2 is 1.00 bits per heavy atom. The summed E-state index contributed by atoms with van der Waals surface area (Å²) in [6, 6.07) is 0. The third kappa shape index (κ3) is 32.4. The van der Waals surface area contributed by atoms with Crippen molar-refractivity contribution in [2.24, 2.45) is 0 Å². The molecule has 1 unspecified atom stereocenters. The van der Waals surface area contributed by atoms with E-state index in [0.29, 0.717) is 18.6 Å². The molecule has 1 N–H and O–H groups in total. The Balaban J connectivity index is 0. The van der Waals surface area contributed by atoms with Crippen molar-refractivity contribution in [3.05, 3.63) is 94.9 Å². The van der Waals surface area contributed by atoms with Crippen molar-refractivity contribution in [2.45, 2.75) is 158 Å². The van der Waals surface area contributed by atoms with Gasteiger partial charge in [-0.3, -0.25) is 4.79 Å². The first-order valence-electron chi connectivity index (χ1n) is 17.1. The summed E-state index contributed by atoms with van der Waals surface area (Å²) in [7, 11) is 0. The van der Waals surface area contributed by atoms with Crippen molar-refractivity contribution in [3.63, 3.8) is 0 Å². The highest BCUT2D eigenvalue weighted by Crippen LogP contribution is 2.17. The first-order chi connectivity index (χ1) is 21.5. The molecule has 0 aliphatic carbocycles. The summed E-state index contributed by atoms with van der Waals surface area (Å²) in [4.78, 5) is 20.7. The second kappa shape index (κ2) is 27.2. The Hall–Kier alpha value is -2.98. The van der Waals surface area contributed by atoms with E-state index in [0.717, 1.165) is 70.6 Å². The number of aliphatic hydroxyl groups is 1. The molecule has 0 radical (unpaired) electrons. The molecule has 46 heavy (non-hydrogen) atoms. The molecule has 1 aliphatic rings. The maximum Gasteiger partial charge on any atom is 0.318 e. The summed E-state index contributed by atoms with van der Waals surface area (Å²) in [6.45, 7) is 27.8. The van der Waals surface area contributed by atoms with Crippen LogP contribution < -0.4 is 0 Å². The van der Waals surface area contributed by atoms with Crippen LogP contribution in [0.4, 0.5) is 0 Å². The number of carbonyl (C=O) groups excluding carboxylic acids is 2. The van der Waals surface area contributed by atoms with Gasteiger partial charge in [0.05, 0.1) is 5.60 Å². The largest absolute Gasteiger partial charge is 0.431 e. The number of hydrogen-bond acceptors (Lipinski definition) is 4. The molecule has 1 fully saturated rings. The van der Waals surface area contributed by atoms with Gasteiger partial charge in [0.25, 0.3) is 0 Å². The van der Waals surface area contributed by atoms with Crippen LogP contribution in [0.5, 0.6) is 0 Å². The molecule has 0 aromatic heterocycles. The zero-order chi connectivity index (χ0) is 35.5. The number of Topliss-reactive ketones (excluding diaryl/α,β-unsaturated/α-hetero) is 1. The summed E-state index contributed by atoms with van der Waals surface area (Å²) in [5.41, 5.74) is 7.83. The molecular weight excluding hydrogens is 568 g/mol. The molecule has 4 nitrogen and oxygen atoms in total. The monoisotopic (exact) mass is 637 g/mol. The van der Waals surface area contributed by atoms with Crippen LogP contribution in [0.2, 0.25) is 0 Å². The lowest BCUT2D eigenvalue weighted by Crippen LogP contribution is -2.19. The molecule has 0 bridgehead atoms. The fourth-order valence-electron chi connectivity index (χ4n) is 4.23. The van der Waals surface area contributed by atoms with Gasteiger partial charge >= 0.3 is 5.97 Å². The lowest BCUT2D eigenvalue weighted by molar-refractivity contribution is -0.148. The fraction of sp³-hybridized carbons (Fsp3) is 0.571. The number of allylic oxidation sites excluding steroid dienone is 12. The maximum absolute atomic E-state index is 10.8. The Morgan fingerprint density at radius 3 is 1.26 bits per heavy atom. The van der Waals surface area contributed by atoms with E-state index < -0.39 is 5.60 Å². The molecule has 1 rings (SSSR count). The highest BCUT2D eigenvalue weighted by Gasteiger charge is 2.17. The first kappa shape index (κ1) is 45.1. The second-order valence-electron chi connectivity index (χ2n) is 13.4. The van der Waals surface area contributed by atoms with E-state index in [2.05, 4.69) is 110 Å². The molecule has 0 saturated carbocycles. The minimum atomic E-state index is -0.738. The summed E-state index contributed by atoms with van der Waals surface area (Å²) >= 11 is 0. The van der Waals surface area contributed by atoms with Crippen molar-refractivity contribution in [1.29, 1.82) is 0 Å². The zero-order valence-electron chi connectivity index (χ0n) is 31.3. The highest BCUT2D eigenvalue weighted by atomic mass is 16.6. The number of esters is 1. The van der Waals surface area contributed by atoms with Gasteiger partial charge in [0.2, 0.25) is 0 Å². The summed E-state index contributed by atoms with van der Waals surface area (Å²) in [5, 5.41) is 9.84. The normalized spacial score (nSPS) is 14.8. The van der Waals surface area contributed by atoms with E-state index >= 15 is 0 Å². The topological polar surface area (TPSA) is 63.6 Å². The molecule has 0 amide bonds. The molecule has 4 heteroatoms. The highest BCUT2D eigenvalue weighted by molar-refractivity contribution is 5.79. The molecule has 0 aromatic rings. The molecule has 1 saturated heterocycles. The molecule has 260 valence electrons. The predicted molar refractivity (Wildman–Crippen MR) is 201 cm³/mol. The standard InChI is InChI=1S/C20H34O.C18H30O.C4H4O2/c1-7-20(6,21)16-10-15-19(5)14-9-13-18(4)12-8-11-17(2)3;1-15(2)9-6-10-16(3)11-7-12-17(4)13-8-14-18(5)19;1-3-2-4(5)6-3/h7,11,13,15,21H,1,8-10,12,14,16H2,2-6H3;9,11,13H,6-8,10,12,14H2,1-5H3;1-2H2/b18-13+,19-15+;16-11+,17-13+;. The second-order valence-corrected chi connectivity index (χ2v) is 13.4. The van der Waals surface area contributed by atoms with Gasteiger partial charge in [-0.25, -0.2) is 0 Å². The fourth-order valence-corrected chi connectivity index (χ4v) is 4.23. The van der Waals surface area contributed by atoms with Gasteiger partial charge in [0, 0.05) is 6.42 Å². The third-order valence-corrected chi connectivity index (χ3v) is 7.42. The van der Waals surface area contributed by atoms with Gasteiger partial charge in [0.15, 0.2) is 0 Å². The number of cyclic esters (lactones) is 1. The Morgan fingerprint density at radius 1 is 0.674 bits per heavy atom. The van der Waals surface area contributed by atoms with Crippen LogP contribution in [0.3, 0.4) is 0 Å². The van der Waals surface area contributed by atoms with Crippen molar-refractivity contribution in [2.75, 3.05) is 0 Å². The number of hydrogen-bond donors (Lipinski definition) is 1. The van der Waals surface area contributed by atoms with Crippen LogP contribution in [0.15, 0.2) is 94.9 Å². The molecule has 0 spiro atoms. The van der Waals surface area contributed by atoms with Gasteiger partial charge in [-0.2, -0.15) is 0 Å². The summed E-state index contributed by atoms with van der Waals surface area (Å²) in [5.74, 6) is 0.694. The van der Waals surface area contributed by atoms with Gasteiger partial charge in [-0.05, 0) is 140 Å². The van der Waals surface area contributed by atoms with Gasteiger partial charge in [0.1, 0.15) is 18.0 Å². The van der Waals surface area contributed by atoms with E-state index in [9.17, 15) is 14.7 Å². The van der Waals surface area contributed by atoms with Gasteiger partial charge < -0.3 is 14.6 Å². The van der Waals surface area contributed by atoms with Gasteiger partial charge in [-0.15, -0.1) is 6.58 Å². The van der Waals surface area contributed by atoms with E-state index in [1.54, 1.807) is 13.0 Å². The maximum atomic E-state index is 10.8. The number of ketones is 1.